The van der Waals surface area contributed by atoms with Gasteiger partial charge in [0.05, 0.1) is 13.2 Å². The Morgan fingerprint density at radius 3 is 2.53 bits per heavy atom. The van der Waals surface area contributed by atoms with Crippen LogP contribution in [0.2, 0.25) is 0 Å². The molecule has 1 heterocycles. The van der Waals surface area contributed by atoms with Gasteiger partial charge in [-0.25, -0.2) is 17.9 Å². The Hall–Kier alpha value is -3.24. The molecule has 0 amide bonds. The maximum atomic E-state index is 13.5. The van der Waals surface area contributed by atoms with Crippen molar-refractivity contribution in [1.82, 2.24) is 14.8 Å². The molecule has 1 atom stereocenters. The molecule has 0 radical (unpaired) electrons. The SMILES string of the molecule is CO[C@@H](CO)c1ccc(C)c(Nc2nc(=O)cnn2Cc2cc(F)c(F)c(F)c2)c1. The predicted octanol–water partition coefficient (Wildman–Crippen LogP) is 2.84. The number of anilines is 2. The molecule has 3 rings (SSSR count). The van der Waals surface area contributed by atoms with Crippen molar-refractivity contribution >= 4 is 11.6 Å². The molecule has 158 valence electrons. The van der Waals surface area contributed by atoms with Gasteiger partial charge in [0, 0.05) is 12.8 Å². The van der Waals surface area contributed by atoms with Gasteiger partial charge < -0.3 is 15.2 Å². The largest absolute Gasteiger partial charge is 0.393 e. The molecule has 0 aliphatic carbocycles. The number of ether oxygens (including phenoxy) is 1. The van der Waals surface area contributed by atoms with E-state index < -0.39 is 29.1 Å². The lowest BCUT2D eigenvalue weighted by atomic mass is 10.1. The van der Waals surface area contributed by atoms with Gasteiger partial charge in [0.2, 0.25) is 5.95 Å². The molecular formula is C20H19F3N4O3. The number of hydrogen-bond donors (Lipinski definition) is 2. The summed E-state index contributed by atoms with van der Waals surface area (Å²) >= 11 is 0. The minimum Gasteiger partial charge on any atom is -0.393 e. The number of aryl methyl sites for hydroxylation is 1. The zero-order valence-electron chi connectivity index (χ0n) is 16.2. The van der Waals surface area contributed by atoms with Crippen molar-refractivity contribution in [3.63, 3.8) is 0 Å². The van der Waals surface area contributed by atoms with E-state index in [0.29, 0.717) is 11.3 Å². The van der Waals surface area contributed by atoms with Crippen LogP contribution in [-0.4, -0.2) is 33.6 Å². The van der Waals surface area contributed by atoms with Crippen LogP contribution in [0, 0.1) is 24.4 Å². The third-order valence-corrected chi connectivity index (χ3v) is 4.47. The molecule has 30 heavy (non-hydrogen) atoms. The smallest absolute Gasteiger partial charge is 0.293 e. The molecular weight excluding hydrogens is 401 g/mol. The number of halogens is 3. The average molecular weight is 420 g/mol. The summed E-state index contributed by atoms with van der Waals surface area (Å²) in [6.45, 7) is 1.42. The van der Waals surface area contributed by atoms with Crippen molar-refractivity contribution in [3.8, 4) is 0 Å². The van der Waals surface area contributed by atoms with Crippen molar-refractivity contribution in [2.24, 2.45) is 0 Å². The van der Waals surface area contributed by atoms with Crippen molar-refractivity contribution in [1.29, 1.82) is 0 Å². The van der Waals surface area contributed by atoms with Gasteiger partial charge in [0.15, 0.2) is 17.5 Å². The summed E-state index contributed by atoms with van der Waals surface area (Å²) in [5, 5.41) is 16.4. The third kappa shape index (κ3) is 4.66. The standard InChI is InChI=1S/C20H19F3N4O3/c1-11-3-4-13(17(10-28)30-2)7-16(11)25-20-26-18(29)8-24-27(20)9-12-5-14(21)19(23)15(22)6-12/h3-8,17,28H,9-10H2,1-2H3,(H,25,26,29)/t17-/m0/s1. The fourth-order valence-electron chi connectivity index (χ4n) is 2.86. The monoisotopic (exact) mass is 420 g/mol. The average Bonchev–Trinajstić information content (AvgIpc) is 2.71. The van der Waals surface area contributed by atoms with Crippen molar-refractivity contribution in [2.75, 3.05) is 19.0 Å². The van der Waals surface area contributed by atoms with Gasteiger partial charge in [-0.2, -0.15) is 10.1 Å². The van der Waals surface area contributed by atoms with Crippen LogP contribution in [0.4, 0.5) is 24.8 Å². The normalized spacial score (nSPS) is 12.1. The highest BCUT2D eigenvalue weighted by atomic mass is 19.2. The fraction of sp³-hybridized carbons (Fsp3) is 0.250. The minimum absolute atomic E-state index is 0.0193. The van der Waals surface area contributed by atoms with Crippen molar-refractivity contribution < 1.29 is 23.0 Å². The van der Waals surface area contributed by atoms with Crippen LogP contribution >= 0.6 is 0 Å². The number of nitrogens with zero attached hydrogens (tertiary/aromatic N) is 3. The van der Waals surface area contributed by atoms with Crippen LogP contribution in [0.15, 0.2) is 41.3 Å². The Kier molecular flexibility index (Phi) is 6.48. The van der Waals surface area contributed by atoms with E-state index in [-0.39, 0.29) is 24.7 Å². The highest BCUT2D eigenvalue weighted by Gasteiger charge is 2.15. The number of benzene rings is 2. The van der Waals surface area contributed by atoms with E-state index in [1.165, 1.54) is 11.8 Å². The van der Waals surface area contributed by atoms with Gasteiger partial charge in [-0.3, -0.25) is 4.79 Å². The molecule has 0 fully saturated rings. The summed E-state index contributed by atoms with van der Waals surface area (Å²) in [6.07, 6.45) is 0.414. The van der Waals surface area contributed by atoms with E-state index in [9.17, 15) is 23.1 Å². The zero-order valence-corrected chi connectivity index (χ0v) is 16.2. The molecule has 2 aromatic carbocycles. The second-order valence-corrected chi connectivity index (χ2v) is 6.56. The Labute approximate surface area is 169 Å². The van der Waals surface area contributed by atoms with Gasteiger partial charge in [-0.05, 0) is 41.8 Å². The Bertz CT molecular complexity index is 1090. The molecule has 10 heteroatoms. The molecule has 3 aromatic rings. The van der Waals surface area contributed by atoms with Crippen molar-refractivity contribution in [3.05, 3.63) is 81.0 Å². The lowest BCUT2D eigenvalue weighted by molar-refractivity contribution is 0.0484. The Morgan fingerprint density at radius 1 is 1.20 bits per heavy atom. The van der Waals surface area contributed by atoms with Gasteiger partial charge in [-0.15, -0.1) is 0 Å². The number of hydrogen-bond acceptors (Lipinski definition) is 6. The predicted molar refractivity (Wildman–Crippen MR) is 103 cm³/mol. The van der Waals surface area contributed by atoms with Gasteiger partial charge in [-0.1, -0.05) is 12.1 Å². The van der Waals surface area contributed by atoms with E-state index >= 15 is 0 Å². The van der Waals surface area contributed by atoms with Crippen LogP contribution in [-0.2, 0) is 11.3 Å². The molecule has 0 bridgehead atoms. The van der Waals surface area contributed by atoms with Gasteiger partial charge in [0.25, 0.3) is 5.56 Å². The summed E-state index contributed by atoms with van der Waals surface area (Å²) < 4.78 is 46.7. The molecule has 1 aromatic heterocycles. The second-order valence-electron chi connectivity index (χ2n) is 6.56. The highest BCUT2D eigenvalue weighted by Crippen LogP contribution is 2.25. The highest BCUT2D eigenvalue weighted by molar-refractivity contribution is 5.59. The first-order valence-electron chi connectivity index (χ1n) is 8.91. The molecule has 0 aliphatic rings. The lowest BCUT2D eigenvalue weighted by Gasteiger charge is -2.17. The summed E-state index contributed by atoms with van der Waals surface area (Å²) in [6, 6.07) is 7.00. The molecule has 0 spiro atoms. The maximum Gasteiger partial charge on any atom is 0.293 e. The first-order chi connectivity index (χ1) is 14.3. The number of nitrogens with one attached hydrogen (secondary N) is 1. The summed E-state index contributed by atoms with van der Waals surface area (Å²) in [7, 11) is 1.47. The number of aromatic nitrogens is 3. The summed E-state index contributed by atoms with van der Waals surface area (Å²) in [5.41, 5.74) is 1.53. The fourth-order valence-corrected chi connectivity index (χ4v) is 2.86. The van der Waals surface area contributed by atoms with Crippen LogP contribution in [0.5, 0.6) is 0 Å². The minimum atomic E-state index is -1.56. The maximum absolute atomic E-state index is 13.5. The second kappa shape index (κ2) is 9.06. The van der Waals surface area contributed by atoms with E-state index in [2.05, 4.69) is 15.4 Å². The quantitative estimate of drug-likeness (QED) is 0.572. The Balaban J connectivity index is 1.97. The van der Waals surface area contributed by atoms with Crippen molar-refractivity contribution in [2.45, 2.75) is 19.6 Å². The topological polar surface area (TPSA) is 89.3 Å². The number of rotatable bonds is 7. The molecule has 0 aliphatic heterocycles. The molecule has 0 saturated carbocycles. The lowest BCUT2D eigenvalue weighted by Crippen LogP contribution is -2.20. The van der Waals surface area contributed by atoms with Crippen LogP contribution < -0.4 is 10.9 Å². The van der Waals surface area contributed by atoms with E-state index in [1.54, 1.807) is 18.2 Å². The number of aliphatic hydroxyl groups excluding tert-OH is 1. The van der Waals surface area contributed by atoms with Gasteiger partial charge >= 0.3 is 0 Å². The first kappa shape index (κ1) is 21.5. The summed E-state index contributed by atoms with van der Waals surface area (Å²) in [4.78, 5) is 15.6. The van der Waals surface area contributed by atoms with E-state index in [4.69, 9.17) is 4.74 Å². The first-order valence-corrected chi connectivity index (χ1v) is 8.91. The zero-order chi connectivity index (χ0) is 21.8. The van der Waals surface area contributed by atoms with Crippen LogP contribution in [0.3, 0.4) is 0 Å². The van der Waals surface area contributed by atoms with Gasteiger partial charge in [0.1, 0.15) is 12.3 Å². The molecule has 0 saturated heterocycles. The number of aliphatic hydroxyl groups is 1. The Morgan fingerprint density at radius 2 is 1.90 bits per heavy atom. The van der Waals surface area contributed by atoms with E-state index in [0.717, 1.165) is 23.9 Å². The molecule has 7 nitrogen and oxygen atoms in total. The number of methoxy groups -OCH3 is 1. The molecule has 0 unspecified atom stereocenters. The van der Waals surface area contributed by atoms with Crippen LogP contribution in [0.25, 0.3) is 0 Å². The third-order valence-electron chi connectivity index (χ3n) is 4.47. The molecule has 2 N–H and O–H groups in total. The summed E-state index contributed by atoms with van der Waals surface area (Å²) in [5.74, 6) is -4.20. The van der Waals surface area contributed by atoms with Crippen LogP contribution in [0.1, 0.15) is 22.8 Å². The van der Waals surface area contributed by atoms with E-state index in [1.807, 2.05) is 6.92 Å².